The number of nitrogens with zero attached hydrogens (tertiary/aromatic N) is 6. The van der Waals surface area contributed by atoms with Gasteiger partial charge in [-0.2, -0.15) is 0 Å². The van der Waals surface area contributed by atoms with Crippen LogP contribution in [0.1, 0.15) is 67.0 Å². The number of ether oxygens (including phenoxy) is 1. The van der Waals surface area contributed by atoms with Crippen molar-refractivity contribution in [2.75, 3.05) is 26.7 Å². The summed E-state index contributed by atoms with van der Waals surface area (Å²) in [5.41, 5.74) is 9.20. The van der Waals surface area contributed by atoms with Crippen molar-refractivity contribution >= 4 is 17.5 Å². The van der Waals surface area contributed by atoms with Crippen LogP contribution in [-0.2, 0) is 20.7 Å². The molecule has 2 aromatic carbocycles. The van der Waals surface area contributed by atoms with Gasteiger partial charge in [-0.05, 0) is 94.6 Å². The Morgan fingerprint density at radius 1 is 0.957 bits per heavy atom. The zero-order valence-electron chi connectivity index (χ0n) is 26.1. The maximum absolute atomic E-state index is 13.7. The molecule has 13 heteroatoms. The smallest absolute Gasteiger partial charge is 0.331 e. The Morgan fingerprint density at radius 2 is 1.57 bits per heavy atom. The van der Waals surface area contributed by atoms with E-state index in [-0.39, 0.29) is 29.7 Å². The standard InChI is InChI=1S/C33H40N8O5/c1-21(42)30(5-3-4-12-34)40-19-28(36-38-40)24-16-25(18-26(17-24)32(44)23-10-13-35-14-11-23)29-20-41(39-37-29)31(33(45)46-2)15-22-6-8-27(43)9-7-22/h6-9,16-20,23,30-31,35,43H,3-5,10-15,34H2,1-2H3/t30-,31-/m0/s1. The molecule has 0 amide bonds. The number of piperidine rings is 1. The maximum Gasteiger partial charge on any atom is 0.331 e. The first-order valence-corrected chi connectivity index (χ1v) is 15.6. The number of carbonyl (C=O) groups excluding carboxylic acids is 3. The Balaban J connectivity index is 1.51. The summed E-state index contributed by atoms with van der Waals surface area (Å²) in [5, 5.41) is 30.3. The number of hydrogen-bond donors (Lipinski definition) is 3. The van der Waals surface area contributed by atoms with Crippen LogP contribution in [0.5, 0.6) is 5.75 Å². The lowest BCUT2D eigenvalue weighted by molar-refractivity contribution is -0.145. The number of esters is 1. The molecule has 242 valence electrons. The number of methoxy groups -OCH3 is 1. The molecule has 0 spiro atoms. The van der Waals surface area contributed by atoms with Crippen LogP contribution in [0.2, 0.25) is 0 Å². The Kier molecular flexibility index (Phi) is 10.7. The van der Waals surface area contributed by atoms with E-state index in [0.717, 1.165) is 44.3 Å². The van der Waals surface area contributed by atoms with Gasteiger partial charge in [-0.25, -0.2) is 14.2 Å². The van der Waals surface area contributed by atoms with E-state index in [0.29, 0.717) is 41.0 Å². The molecule has 0 aliphatic carbocycles. The van der Waals surface area contributed by atoms with Gasteiger partial charge in [0.15, 0.2) is 17.6 Å². The van der Waals surface area contributed by atoms with Crippen molar-refractivity contribution in [3.63, 3.8) is 0 Å². The number of benzene rings is 2. The van der Waals surface area contributed by atoms with Gasteiger partial charge < -0.3 is 20.9 Å². The van der Waals surface area contributed by atoms with Crippen molar-refractivity contribution in [1.29, 1.82) is 0 Å². The normalized spacial score (nSPS) is 14.9. The monoisotopic (exact) mass is 628 g/mol. The number of carbonyl (C=O) groups is 3. The van der Waals surface area contributed by atoms with Crippen LogP contribution in [0.3, 0.4) is 0 Å². The van der Waals surface area contributed by atoms with Gasteiger partial charge in [0.2, 0.25) is 0 Å². The van der Waals surface area contributed by atoms with E-state index < -0.39 is 18.1 Å². The number of rotatable bonds is 14. The second-order valence-electron chi connectivity index (χ2n) is 11.7. The Morgan fingerprint density at radius 3 is 2.13 bits per heavy atom. The fourth-order valence-corrected chi connectivity index (χ4v) is 5.79. The van der Waals surface area contributed by atoms with Crippen LogP contribution in [0.25, 0.3) is 22.5 Å². The van der Waals surface area contributed by atoms with E-state index >= 15 is 0 Å². The number of nitrogens with two attached hydrogens (primary N) is 1. The van der Waals surface area contributed by atoms with Crippen molar-refractivity contribution in [2.45, 2.75) is 57.5 Å². The van der Waals surface area contributed by atoms with Crippen LogP contribution < -0.4 is 11.1 Å². The van der Waals surface area contributed by atoms with E-state index in [1.54, 1.807) is 47.4 Å². The largest absolute Gasteiger partial charge is 0.508 e. The van der Waals surface area contributed by atoms with Crippen molar-refractivity contribution in [3.8, 4) is 28.3 Å². The van der Waals surface area contributed by atoms with Crippen molar-refractivity contribution in [2.24, 2.45) is 11.7 Å². The van der Waals surface area contributed by atoms with Gasteiger partial charge >= 0.3 is 5.97 Å². The predicted molar refractivity (Wildman–Crippen MR) is 170 cm³/mol. The second kappa shape index (κ2) is 15.0. The lowest BCUT2D eigenvalue weighted by Gasteiger charge is -2.21. The minimum Gasteiger partial charge on any atom is -0.508 e. The molecular weight excluding hydrogens is 588 g/mol. The van der Waals surface area contributed by atoms with Crippen molar-refractivity contribution in [1.82, 2.24) is 35.3 Å². The van der Waals surface area contributed by atoms with Crippen LogP contribution in [0, 0.1) is 5.92 Å². The number of Topliss-reactive ketones (excluding diaryl/α,β-unsaturated/α-hetero) is 2. The molecule has 1 saturated heterocycles. The summed E-state index contributed by atoms with van der Waals surface area (Å²) in [6.07, 6.45) is 7.33. The van der Waals surface area contributed by atoms with Crippen LogP contribution in [0.15, 0.2) is 54.9 Å². The number of ketones is 2. The molecule has 4 N–H and O–H groups in total. The molecule has 0 saturated carbocycles. The minimum absolute atomic E-state index is 0.0203. The molecule has 3 heterocycles. The molecule has 1 fully saturated rings. The summed E-state index contributed by atoms with van der Waals surface area (Å²) >= 11 is 0. The topological polar surface area (TPSA) is 180 Å². The quantitative estimate of drug-likeness (QED) is 0.106. The van der Waals surface area contributed by atoms with Crippen LogP contribution in [0.4, 0.5) is 0 Å². The molecule has 0 unspecified atom stereocenters. The third-order valence-electron chi connectivity index (χ3n) is 8.42. The molecule has 2 aromatic heterocycles. The molecule has 1 aliphatic heterocycles. The summed E-state index contributed by atoms with van der Waals surface area (Å²) < 4.78 is 8.09. The summed E-state index contributed by atoms with van der Waals surface area (Å²) in [4.78, 5) is 39.0. The third-order valence-corrected chi connectivity index (χ3v) is 8.42. The lowest BCUT2D eigenvalue weighted by atomic mass is 9.88. The highest BCUT2D eigenvalue weighted by Crippen LogP contribution is 2.30. The van der Waals surface area contributed by atoms with Gasteiger partial charge in [-0.3, -0.25) is 9.59 Å². The SMILES string of the molecule is COC(=O)[C@H](Cc1ccc(O)cc1)n1cc(-c2cc(C(=O)C3CCNCC3)cc(-c3cn([C@@H](CCCCN)C(C)=O)nn3)c2)nn1. The summed E-state index contributed by atoms with van der Waals surface area (Å²) in [5.74, 6) is -0.474. The average molecular weight is 629 g/mol. The van der Waals surface area contributed by atoms with Crippen LogP contribution >= 0.6 is 0 Å². The number of nitrogens with one attached hydrogen (secondary N) is 1. The number of hydrogen-bond acceptors (Lipinski definition) is 11. The van der Waals surface area contributed by atoms with E-state index in [1.807, 2.05) is 12.1 Å². The van der Waals surface area contributed by atoms with Crippen LogP contribution in [-0.4, -0.2) is 79.4 Å². The second-order valence-corrected chi connectivity index (χ2v) is 11.7. The van der Waals surface area contributed by atoms with Gasteiger partial charge in [0.1, 0.15) is 23.2 Å². The highest BCUT2D eigenvalue weighted by Gasteiger charge is 2.27. The number of aromatic nitrogens is 6. The summed E-state index contributed by atoms with van der Waals surface area (Å²) in [7, 11) is 1.31. The number of unbranched alkanes of at least 4 members (excludes halogenated alkanes) is 1. The van der Waals surface area contributed by atoms with E-state index in [1.165, 1.54) is 18.7 Å². The lowest BCUT2D eigenvalue weighted by Crippen LogP contribution is -2.31. The third kappa shape index (κ3) is 7.72. The molecular formula is C33H40N8O5. The van der Waals surface area contributed by atoms with Gasteiger partial charge in [-0.15, -0.1) is 10.2 Å². The molecule has 0 bridgehead atoms. The number of aromatic hydroxyl groups is 1. The molecule has 1 aliphatic rings. The van der Waals surface area contributed by atoms with E-state index in [4.69, 9.17) is 10.5 Å². The molecule has 0 radical (unpaired) electrons. The molecule has 5 rings (SSSR count). The van der Waals surface area contributed by atoms with Crippen molar-refractivity contribution in [3.05, 3.63) is 66.0 Å². The van der Waals surface area contributed by atoms with Gasteiger partial charge in [-0.1, -0.05) is 22.6 Å². The van der Waals surface area contributed by atoms with Gasteiger partial charge in [0.25, 0.3) is 0 Å². The Hall–Kier alpha value is -4.75. The zero-order valence-corrected chi connectivity index (χ0v) is 26.1. The average Bonchev–Trinajstić information content (AvgIpc) is 3.77. The van der Waals surface area contributed by atoms with Crippen molar-refractivity contribution < 1.29 is 24.2 Å². The minimum atomic E-state index is -0.808. The van der Waals surface area contributed by atoms with E-state index in [9.17, 15) is 19.5 Å². The summed E-state index contributed by atoms with van der Waals surface area (Å²) in [6, 6.07) is 10.8. The number of phenolic OH excluding ortho intramolecular Hbond substituents is 1. The molecule has 2 atom stereocenters. The highest BCUT2D eigenvalue weighted by atomic mass is 16.5. The molecule has 13 nitrogen and oxygen atoms in total. The molecule has 46 heavy (non-hydrogen) atoms. The Labute approximate surface area is 267 Å². The van der Waals surface area contributed by atoms with Gasteiger partial charge in [0, 0.05) is 29.0 Å². The Bertz CT molecular complexity index is 1660. The predicted octanol–water partition coefficient (Wildman–Crippen LogP) is 3.31. The van der Waals surface area contributed by atoms with Gasteiger partial charge in [0.05, 0.1) is 19.5 Å². The fraction of sp³-hybridized carbons (Fsp3) is 0.424. The highest BCUT2D eigenvalue weighted by molar-refractivity contribution is 6.00. The first-order chi connectivity index (χ1) is 22.3. The first kappa shape index (κ1) is 32.6. The zero-order chi connectivity index (χ0) is 32.6. The molecule has 4 aromatic rings. The fourth-order valence-electron chi connectivity index (χ4n) is 5.79. The first-order valence-electron chi connectivity index (χ1n) is 15.6. The maximum atomic E-state index is 13.7. The van der Waals surface area contributed by atoms with E-state index in [2.05, 4.69) is 25.9 Å². The number of phenols is 1. The summed E-state index contributed by atoms with van der Waals surface area (Å²) in [6.45, 7) is 3.64.